The number of benzene rings is 2. The third-order valence-corrected chi connectivity index (χ3v) is 4.36. The van der Waals surface area contributed by atoms with Gasteiger partial charge in [0, 0.05) is 43.5 Å². The number of nitrogens with zero attached hydrogens (tertiary/aromatic N) is 2. The van der Waals surface area contributed by atoms with E-state index in [0.29, 0.717) is 35.8 Å². The summed E-state index contributed by atoms with van der Waals surface area (Å²) in [5, 5.41) is 17.5. The molecule has 1 heterocycles. The predicted octanol–water partition coefficient (Wildman–Crippen LogP) is 3.04. The number of amides is 1. The first-order chi connectivity index (χ1) is 13.4. The number of carbonyl (C=O) groups is 1. The first-order valence-corrected chi connectivity index (χ1v) is 9.26. The Balaban J connectivity index is 1.79. The van der Waals surface area contributed by atoms with Crippen LogP contribution >= 0.6 is 0 Å². The number of rotatable bonds is 6. The summed E-state index contributed by atoms with van der Waals surface area (Å²) in [4.78, 5) is 25.7. The van der Waals surface area contributed by atoms with E-state index in [1.807, 2.05) is 18.7 Å². The fourth-order valence-corrected chi connectivity index (χ4v) is 3.11. The SMILES string of the molecule is CC(C)Oc1cccc(C(=O)Nc2ccc(N3CCNCC3)c([N+](=O)[O-])c2)c1. The molecule has 148 valence electrons. The van der Waals surface area contributed by atoms with Crippen molar-refractivity contribution in [1.29, 1.82) is 0 Å². The van der Waals surface area contributed by atoms with Crippen LogP contribution in [0.2, 0.25) is 0 Å². The Kier molecular flexibility index (Phi) is 6.10. The molecule has 0 atom stereocenters. The van der Waals surface area contributed by atoms with Gasteiger partial charge in [-0.25, -0.2) is 0 Å². The predicted molar refractivity (Wildman–Crippen MR) is 108 cm³/mol. The minimum absolute atomic E-state index is 0.00140. The molecule has 3 rings (SSSR count). The first kappa shape index (κ1) is 19.6. The summed E-state index contributed by atoms with van der Waals surface area (Å²) >= 11 is 0. The maximum absolute atomic E-state index is 12.6. The molecular formula is C20H24N4O4. The number of nitrogens with one attached hydrogen (secondary N) is 2. The molecule has 1 aliphatic heterocycles. The highest BCUT2D eigenvalue weighted by molar-refractivity contribution is 6.04. The van der Waals surface area contributed by atoms with Crippen molar-refractivity contribution >= 4 is 23.0 Å². The summed E-state index contributed by atoms with van der Waals surface area (Å²) in [5.41, 5.74) is 1.35. The van der Waals surface area contributed by atoms with Gasteiger partial charge in [-0.3, -0.25) is 14.9 Å². The van der Waals surface area contributed by atoms with Crippen molar-refractivity contribution < 1.29 is 14.5 Å². The van der Waals surface area contributed by atoms with Crippen LogP contribution in [0, 0.1) is 10.1 Å². The molecule has 0 aromatic heterocycles. The Morgan fingerprint density at radius 2 is 1.96 bits per heavy atom. The van der Waals surface area contributed by atoms with Gasteiger partial charge in [-0.15, -0.1) is 0 Å². The maximum Gasteiger partial charge on any atom is 0.294 e. The summed E-state index contributed by atoms with van der Waals surface area (Å²) in [6.07, 6.45) is -0.00140. The van der Waals surface area contributed by atoms with Crippen LogP contribution in [0.5, 0.6) is 5.75 Å². The highest BCUT2D eigenvalue weighted by Crippen LogP contribution is 2.31. The molecule has 1 saturated heterocycles. The van der Waals surface area contributed by atoms with Crippen molar-refractivity contribution in [2.45, 2.75) is 20.0 Å². The van der Waals surface area contributed by atoms with E-state index in [4.69, 9.17) is 4.74 Å². The van der Waals surface area contributed by atoms with Crippen LogP contribution in [0.1, 0.15) is 24.2 Å². The highest BCUT2D eigenvalue weighted by atomic mass is 16.6. The first-order valence-electron chi connectivity index (χ1n) is 9.26. The molecule has 0 aliphatic carbocycles. The van der Waals surface area contributed by atoms with E-state index in [9.17, 15) is 14.9 Å². The summed E-state index contributed by atoms with van der Waals surface area (Å²) in [6.45, 7) is 6.79. The minimum atomic E-state index is -0.413. The van der Waals surface area contributed by atoms with Gasteiger partial charge < -0.3 is 20.3 Å². The third kappa shape index (κ3) is 4.77. The molecule has 2 N–H and O–H groups in total. The van der Waals surface area contributed by atoms with Crippen molar-refractivity contribution in [3.63, 3.8) is 0 Å². The fourth-order valence-electron chi connectivity index (χ4n) is 3.11. The van der Waals surface area contributed by atoms with Gasteiger partial charge >= 0.3 is 0 Å². The second-order valence-electron chi connectivity index (χ2n) is 6.85. The average Bonchev–Trinajstić information content (AvgIpc) is 2.68. The number of piperazine rings is 1. The Morgan fingerprint density at radius 1 is 1.21 bits per heavy atom. The average molecular weight is 384 g/mol. The van der Waals surface area contributed by atoms with Crippen LogP contribution in [-0.2, 0) is 0 Å². The van der Waals surface area contributed by atoms with E-state index in [-0.39, 0.29) is 17.7 Å². The van der Waals surface area contributed by atoms with Gasteiger partial charge in [-0.1, -0.05) is 6.07 Å². The second kappa shape index (κ2) is 8.71. The van der Waals surface area contributed by atoms with Crippen LogP contribution < -0.4 is 20.3 Å². The van der Waals surface area contributed by atoms with Crippen LogP contribution in [-0.4, -0.2) is 43.1 Å². The molecule has 0 bridgehead atoms. The molecule has 8 heteroatoms. The number of hydrogen-bond donors (Lipinski definition) is 2. The minimum Gasteiger partial charge on any atom is -0.491 e. The summed E-state index contributed by atoms with van der Waals surface area (Å²) in [6, 6.07) is 11.6. The molecular weight excluding hydrogens is 360 g/mol. The molecule has 2 aromatic carbocycles. The lowest BCUT2D eigenvalue weighted by Gasteiger charge is -2.29. The van der Waals surface area contributed by atoms with Gasteiger partial charge in [0.2, 0.25) is 0 Å². The van der Waals surface area contributed by atoms with Crippen molar-refractivity contribution in [2.75, 3.05) is 36.4 Å². The molecule has 0 radical (unpaired) electrons. The maximum atomic E-state index is 12.6. The highest BCUT2D eigenvalue weighted by Gasteiger charge is 2.22. The van der Waals surface area contributed by atoms with Crippen LogP contribution in [0.25, 0.3) is 0 Å². The number of carbonyl (C=O) groups excluding carboxylic acids is 1. The number of nitro groups is 1. The Hall–Kier alpha value is -3.13. The summed E-state index contributed by atoms with van der Waals surface area (Å²) < 4.78 is 5.61. The molecule has 1 amide bonds. The topological polar surface area (TPSA) is 96.7 Å². The van der Waals surface area contributed by atoms with Gasteiger partial charge in [-0.2, -0.15) is 0 Å². The van der Waals surface area contributed by atoms with E-state index in [1.165, 1.54) is 6.07 Å². The molecule has 8 nitrogen and oxygen atoms in total. The number of hydrogen-bond acceptors (Lipinski definition) is 6. The van der Waals surface area contributed by atoms with Crippen LogP contribution in [0.4, 0.5) is 17.1 Å². The quantitative estimate of drug-likeness (QED) is 0.587. The lowest BCUT2D eigenvalue weighted by atomic mass is 10.1. The van der Waals surface area contributed by atoms with Gasteiger partial charge in [0.1, 0.15) is 11.4 Å². The van der Waals surface area contributed by atoms with Gasteiger partial charge in [0.15, 0.2) is 0 Å². The molecule has 0 unspecified atom stereocenters. The van der Waals surface area contributed by atoms with E-state index in [0.717, 1.165) is 13.1 Å². The molecule has 0 spiro atoms. The lowest BCUT2D eigenvalue weighted by Crippen LogP contribution is -2.43. The van der Waals surface area contributed by atoms with Crippen molar-refractivity contribution in [1.82, 2.24) is 5.32 Å². The molecule has 2 aromatic rings. The van der Waals surface area contributed by atoms with Crippen molar-refractivity contribution in [3.8, 4) is 5.75 Å². The van der Waals surface area contributed by atoms with Crippen LogP contribution in [0.15, 0.2) is 42.5 Å². The molecule has 1 aliphatic rings. The fraction of sp³-hybridized carbons (Fsp3) is 0.350. The normalized spacial score (nSPS) is 14.0. The van der Waals surface area contributed by atoms with E-state index in [2.05, 4.69) is 10.6 Å². The van der Waals surface area contributed by atoms with E-state index in [1.54, 1.807) is 36.4 Å². The largest absolute Gasteiger partial charge is 0.491 e. The molecule has 28 heavy (non-hydrogen) atoms. The van der Waals surface area contributed by atoms with Gasteiger partial charge in [0.25, 0.3) is 11.6 Å². The number of ether oxygens (including phenoxy) is 1. The van der Waals surface area contributed by atoms with Crippen molar-refractivity contribution in [2.24, 2.45) is 0 Å². The number of anilines is 2. The van der Waals surface area contributed by atoms with Crippen molar-refractivity contribution in [3.05, 3.63) is 58.1 Å². The third-order valence-electron chi connectivity index (χ3n) is 4.36. The zero-order chi connectivity index (χ0) is 20.1. The second-order valence-corrected chi connectivity index (χ2v) is 6.85. The van der Waals surface area contributed by atoms with E-state index >= 15 is 0 Å². The van der Waals surface area contributed by atoms with Gasteiger partial charge in [-0.05, 0) is 44.2 Å². The van der Waals surface area contributed by atoms with E-state index < -0.39 is 4.92 Å². The summed E-state index contributed by atoms with van der Waals surface area (Å²) in [7, 11) is 0. The van der Waals surface area contributed by atoms with Crippen LogP contribution in [0.3, 0.4) is 0 Å². The Labute approximate surface area is 163 Å². The summed E-state index contributed by atoms with van der Waals surface area (Å²) in [5.74, 6) is 0.251. The molecule has 0 saturated carbocycles. The smallest absolute Gasteiger partial charge is 0.294 e. The Morgan fingerprint density at radius 3 is 2.64 bits per heavy atom. The molecule has 1 fully saturated rings. The zero-order valence-corrected chi connectivity index (χ0v) is 16.0. The zero-order valence-electron chi connectivity index (χ0n) is 16.0. The lowest BCUT2D eigenvalue weighted by molar-refractivity contribution is -0.384. The standard InChI is InChI=1S/C20H24N4O4/c1-14(2)28-17-5-3-4-15(12-17)20(25)22-16-6-7-18(19(13-16)24(26)27)23-10-8-21-9-11-23/h3-7,12-14,21H,8-11H2,1-2H3,(H,22,25). The van der Waals surface area contributed by atoms with Gasteiger partial charge in [0.05, 0.1) is 11.0 Å². The number of nitro benzene ring substituents is 1. The Bertz CT molecular complexity index is 863. The monoisotopic (exact) mass is 384 g/mol.